The van der Waals surface area contributed by atoms with Crippen molar-refractivity contribution in [3.05, 3.63) is 29.3 Å². The van der Waals surface area contributed by atoms with E-state index in [1.807, 2.05) is 0 Å². The van der Waals surface area contributed by atoms with Gasteiger partial charge in [0, 0.05) is 25.2 Å². The summed E-state index contributed by atoms with van der Waals surface area (Å²) in [5, 5.41) is 0. The number of hydrogen-bond donors (Lipinski definition) is 1. The van der Waals surface area contributed by atoms with Crippen molar-refractivity contribution in [3.8, 4) is 0 Å². The zero-order valence-electron chi connectivity index (χ0n) is 10.2. The highest BCUT2D eigenvalue weighted by Gasteiger charge is 2.36. The molecule has 1 aromatic rings. The van der Waals surface area contributed by atoms with E-state index in [2.05, 4.69) is 0 Å². The molecule has 1 aliphatic heterocycles. The Morgan fingerprint density at radius 1 is 1.15 bits per heavy atom. The summed E-state index contributed by atoms with van der Waals surface area (Å²) in [4.78, 5) is -1.61. The summed E-state index contributed by atoms with van der Waals surface area (Å²) in [6.07, 6.45) is 0.968. The van der Waals surface area contributed by atoms with Crippen LogP contribution in [0.5, 0.6) is 0 Å². The number of piperidine rings is 1. The van der Waals surface area contributed by atoms with Crippen LogP contribution in [-0.2, 0) is 10.0 Å². The summed E-state index contributed by atoms with van der Waals surface area (Å²) >= 11 is 0. The molecule has 1 atom stereocenters. The topological polar surface area (TPSA) is 63.4 Å². The molecule has 0 radical (unpaired) electrons. The molecule has 112 valence electrons. The first-order valence-electron chi connectivity index (χ1n) is 5.84. The van der Waals surface area contributed by atoms with Crippen molar-refractivity contribution in [2.45, 2.75) is 23.8 Å². The fraction of sp³-hybridized carbons (Fsp3) is 0.455. The second-order valence-electron chi connectivity index (χ2n) is 4.56. The number of nitrogens with two attached hydrogens (primary N) is 1. The summed E-state index contributed by atoms with van der Waals surface area (Å²) in [5.41, 5.74) is 5.59. The van der Waals surface area contributed by atoms with E-state index < -0.39 is 44.2 Å². The van der Waals surface area contributed by atoms with Crippen LogP contribution in [0, 0.1) is 23.3 Å². The number of rotatable bonds is 2. The van der Waals surface area contributed by atoms with Crippen molar-refractivity contribution < 1.29 is 26.0 Å². The van der Waals surface area contributed by atoms with Gasteiger partial charge in [0.2, 0.25) is 10.0 Å². The highest BCUT2D eigenvalue weighted by molar-refractivity contribution is 7.89. The van der Waals surface area contributed by atoms with Gasteiger partial charge < -0.3 is 5.73 Å². The molecule has 0 aromatic heterocycles. The molecule has 1 saturated heterocycles. The molecule has 1 fully saturated rings. The second-order valence-corrected chi connectivity index (χ2v) is 6.44. The minimum atomic E-state index is -4.68. The number of sulfonamides is 1. The quantitative estimate of drug-likeness (QED) is 0.662. The van der Waals surface area contributed by atoms with Crippen LogP contribution in [0.15, 0.2) is 11.0 Å². The molecule has 1 aliphatic rings. The van der Waals surface area contributed by atoms with Crippen LogP contribution in [0.1, 0.15) is 12.8 Å². The van der Waals surface area contributed by atoms with Crippen molar-refractivity contribution in [2.75, 3.05) is 13.1 Å². The monoisotopic (exact) mass is 312 g/mol. The van der Waals surface area contributed by atoms with E-state index in [0.29, 0.717) is 12.8 Å². The van der Waals surface area contributed by atoms with Gasteiger partial charge in [0.05, 0.1) is 0 Å². The molecule has 0 amide bonds. The van der Waals surface area contributed by atoms with Gasteiger partial charge in [-0.1, -0.05) is 0 Å². The summed E-state index contributed by atoms with van der Waals surface area (Å²) in [6, 6.07) is -0.519. The SMILES string of the molecule is NC1CCCN(S(=O)(=O)c2c(F)c(F)cc(F)c2F)C1. The van der Waals surface area contributed by atoms with Crippen LogP contribution in [0.25, 0.3) is 0 Å². The first-order valence-corrected chi connectivity index (χ1v) is 7.28. The van der Waals surface area contributed by atoms with Crippen molar-refractivity contribution in [3.63, 3.8) is 0 Å². The van der Waals surface area contributed by atoms with Crippen LogP contribution < -0.4 is 5.73 Å². The van der Waals surface area contributed by atoms with Crippen molar-refractivity contribution >= 4 is 10.0 Å². The van der Waals surface area contributed by atoms with Crippen LogP contribution in [0.4, 0.5) is 17.6 Å². The van der Waals surface area contributed by atoms with Gasteiger partial charge in [0.1, 0.15) is 0 Å². The standard InChI is InChI=1S/C11H12F4N2O2S/c12-7-4-8(13)10(15)11(9(7)14)20(18,19)17-3-1-2-6(16)5-17/h4,6H,1-3,5,16H2. The van der Waals surface area contributed by atoms with E-state index in [1.165, 1.54) is 0 Å². The summed E-state index contributed by atoms with van der Waals surface area (Å²) in [7, 11) is -4.68. The predicted molar refractivity (Wildman–Crippen MR) is 62.2 cm³/mol. The average molecular weight is 312 g/mol. The van der Waals surface area contributed by atoms with Gasteiger partial charge in [-0.3, -0.25) is 0 Å². The molecule has 1 heterocycles. The number of benzene rings is 1. The lowest BCUT2D eigenvalue weighted by Gasteiger charge is -2.30. The second kappa shape index (κ2) is 5.30. The smallest absolute Gasteiger partial charge is 0.249 e. The van der Waals surface area contributed by atoms with Crippen molar-refractivity contribution in [1.82, 2.24) is 4.31 Å². The molecular formula is C11H12F4N2O2S. The number of nitrogens with zero attached hydrogens (tertiary/aromatic N) is 1. The van der Waals surface area contributed by atoms with Crippen LogP contribution in [-0.4, -0.2) is 31.9 Å². The third-order valence-electron chi connectivity index (χ3n) is 3.09. The zero-order chi connectivity index (χ0) is 15.1. The number of hydrogen-bond acceptors (Lipinski definition) is 3. The van der Waals surface area contributed by atoms with Crippen LogP contribution >= 0.6 is 0 Å². The van der Waals surface area contributed by atoms with Gasteiger partial charge in [-0.25, -0.2) is 26.0 Å². The molecule has 2 rings (SSSR count). The third kappa shape index (κ3) is 2.52. The Morgan fingerprint density at radius 2 is 1.70 bits per heavy atom. The Morgan fingerprint density at radius 3 is 2.20 bits per heavy atom. The third-order valence-corrected chi connectivity index (χ3v) is 4.98. The molecule has 2 N–H and O–H groups in total. The Hall–Kier alpha value is -1.19. The summed E-state index contributed by atoms with van der Waals surface area (Å²) in [5.74, 6) is -7.38. The first-order chi connectivity index (χ1) is 9.25. The molecule has 1 unspecified atom stereocenters. The predicted octanol–water partition coefficient (Wildman–Crippen LogP) is 1.35. The maximum Gasteiger partial charge on any atom is 0.249 e. The minimum Gasteiger partial charge on any atom is -0.327 e. The normalized spacial score (nSPS) is 21.1. The molecule has 20 heavy (non-hydrogen) atoms. The molecule has 0 bridgehead atoms. The van der Waals surface area contributed by atoms with E-state index in [1.54, 1.807) is 0 Å². The maximum absolute atomic E-state index is 13.6. The van der Waals surface area contributed by atoms with E-state index in [9.17, 15) is 26.0 Å². The fourth-order valence-electron chi connectivity index (χ4n) is 2.10. The fourth-order valence-corrected chi connectivity index (χ4v) is 3.76. The minimum absolute atomic E-state index is 0.00690. The molecule has 4 nitrogen and oxygen atoms in total. The van der Waals surface area contributed by atoms with Crippen LogP contribution in [0.2, 0.25) is 0 Å². The van der Waals surface area contributed by atoms with Crippen LogP contribution in [0.3, 0.4) is 0 Å². The number of halogens is 4. The highest BCUT2D eigenvalue weighted by atomic mass is 32.2. The Kier molecular flexibility index (Phi) is 4.03. The Labute approximate surface area is 113 Å². The Balaban J connectivity index is 2.55. The van der Waals surface area contributed by atoms with Gasteiger partial charge >= 0.3 is 0 Å². The summed E-state index contributed by atoms with van der Waals surface area (Å²) < 4.78 is 78.4. The largest absolute Gasteiger partial charge is 0.327 e. The van der Waals surface area contributed by atoms with Gasteiger partial charge in [-0.2, -0.15) is 4.31 Å². The van der Waals surface area contributed by atoms with Crippen molar-refractivity contribution in [2.24, 2.45) is 5.73 Å². The molecule has 0 saturated carbocycles. The Bertz CT molecular complexity index is 610. The van der Waals surface area contributed by atoms with Gasteiger partial charge in [0.25, 0.3) is 0 Å². The molecule has 9 heteroatoms. The lowest BCUT2D eigenvalue weighted by molar-refractivity contribution is 0.311. The molecule has 0 spiro atoms. The summed E-state index contributed by atoms with van der Waals surface area (Å²) in [6.45, 7) is -0.160. The molecule has 1 aromatic carbocycles. The lowest BCUT2D eigenvalue weighted by Crippen LogP contribution is -2.46. The van der Waals surface area contributed by atoms with Gasteiger partial charge in [0.15, 0.2) is 28.2 Å². The van der Waals surface area contributed by atoms with E-state index >= 15 is 0 Å². The molecular weight excluding hydrogens is 300 g/mol. The molecule has 0 aliphatic carbocycles. The average Bonchev–Trinajstić information content (AvgIpc) is 2.36. The van der Waals surface area contributed by atoms with E-state index in [4.69, 9.17) is 5.73 Å². The highest BCUT2D eigenvalue weighted by Crippen LogP contribution is 2.28. The van der Waals surface area contributed by atoms with Crippen molar-refractivity contribution in [1.29, 1.82) is 0 Å². The van der Waals surface area contributed by atoms with E-state index in [0.717, 1.165) is 4.31 Å². The van der Waals surface area contributed by atoms with Gasteiger partial charge in [-0.05, 0) is 12.8 Å². The van der Waals surface area contributed by atoms with Gasteiger partial charge in [-0.15, -0.1) is 0 Å². The first kappa shape index (κ1) is 15.2. The lowest BCUT2D eigenvalue weighted by atomic mass is 10.1. The maximum atomic E-state index is 13.6. The van der Waals surface area contributed by atoms with E-state index in [-0.39, 0.29) is 19.2 Å². The zero-order valence-corrected chi connectivity index (χ0v) is 11.1.